The Hall–Kier alpha value is -0.410. The summed E-state index contributed by atoms with van der Waals surface area (Å²) in [4.78, 5) is 9.36. The number of methoxy groups -OCH3 is 1. The SMILES string of the molecule is COC(O)C=O. The minimum absolute atomic E-state index is 0.306. The first kappa shape index (κ1) is 5.59. The Balaban J connectivity index is 2.96. The molecule has 3 heteroatoms. The van der Waals surface area contributed by atoms with Crippen molar-refractivity contribution in [3.63, 3.8) is 0 Å². The van der Waals surface area contributed by atoms with Crippen LogP contribution >= 0.6 is 0 Å². The lowest BCUT2D eigenvalue weighted by atomic mass is 10.7. The zero-order valence-electron chi connectivity index (χ0n) is 3.42. The molecule has 0 saturated heterocycles. The van der Waals surface area contributed by atoms with Crippen molar-refractivity contribution >= 4 is 6.29 Å². The van der Waals surface area contributed by atoms with Gasteiger partial charge >= 0.3 is 0 Å². The molecule has 0 aromatic rings. The number of aliphatic hydroxyl groups excluding tert-OH is 1. The maximum Gasteiger partial charge on any atom is 0.211 e. The first-order chi connectivity index (χ1) is 2.81. The largest absolute Gasteiger partial charge is 0.362 e. The monoisotopic (exact) mass is 90.0 g/mol. The first-order valence-electron chi connectivity index (χ1n) is 1.47. The van der Waals surface area contributed by atoms with E-state index >= 15 is 0 Å². The zero-order valence-corrected chi connectivity index (χ0v) is 3.42. The summed E-state index contributed by atoms with van der Waals surface area (Å²) in [6, 6.07) is 0. The van der Waals surface area contributed by atoms with E-state index in [2.05, 4.69) is 4.74 Å². The van der Waals surface area contributed by atoms with Crippen LogP contribution in [0.4, 0.5) is 0 Å². The number of rotatable bonds is 2. The number of ether oxygens (including phenoxy) is 1. The molecule has 0 radical (unpaired) electrons. The van der Waals surface area contributed by atoms with E-state index < -0.39 is 6.29 Å². The van der Waals surface area contributed by atoms with Gasteiger partial charge in [-0.1, -0.05) is 0 Å². The Bertz CT molecular complexity index is 43.3. The van der Waals surface area contributed by atoms with Crippen LogP contribution in [0.1, 0.15) is 0 Å². The zero-order chi connectivity index (χ0) is 4.99. The van der Waals surface area contributed by atoms with Crippen molar-refractivity contribution in [1.29, 1.82) is 0 Å². The van der Waals surface area contributed by atoms with Gasteiger partial charge in [0, 0.05) is 7.11 Å². The molecule has 0 aliphatic heterocycles. The molecule has 1 N–H and O–H groups in total. The third-order valence-corrected chi connectivity index (χ3v) is 0.358. The summed E-state index contributed by atoms with van der Waals surface area (Å²) in [5, 5.41) is 8.08. The van der Waals surface area contributed by atoms with E-state index in [9.17, 15) is 4.79 Å². The van der Waals surface area contributed by atoms with Crippen molar-refractivity contribution < 1.29 is 14.6 Å². The maximum atomic E-state index is 9.36. The van der Waals surface area contributed by atoms with Crippen LogP contribution < -0.4 is 0 Å². The maximum absolute atomic E-state index is 9.36. The average Bonchev–Trinajstić information content (AvgIpc) is 1.65. The number of carbonyl (C=O) groups is 1. The number of hydrogen-bond acceptors (Lipinski definition) is 3. The molecule has 0 bridgehead atoms. The van der Waals surface area contributed by atoms with Gasteiger partial charge in [0.25, 0.3) is 0 Å². The second-order valence-electron chi connectivity index (χ2n) is 0.762. The van der Waals surface area contributed by atoms with Gasteiger partial charge in [-0.15, -0.1) is 0 Å². The third-order valence-electron chi connectivity index (χ3n) is 0.358. The minimum atomic E-state index is -1.25. The molecule has 0 aliphatic carbocycles. The quantitative estimate of drug-likeness (QED) is 0.355. The van der Waals surface area contributed by atoms with Crippen LogP contribution in [0.2, 0.25) is 0 Å². The highest BCUT2D eigenvalue weighted by Gasteiger charge is 1.90. The smallest absolute Gasteiger partial charge is 0.211 e. The van der Waals surface area contributed by atoms with Crippen LogP contribution in [0, 0.1) is 0 Å². The van der Waals surface area contributed by atoms with Gasteiger partial charge in [0.15, 0.2) is 6.29 Å². The summed E-state index contributed by atoms with van der Waals surface area (Å²) in [6.45, 7) is 0. The summed E-state index contributed by atoms with van der Waals surface area (Å²) in [7, 11) is 1.25. The molecule has 0 aromatic carbocycles. The van der Waals surface area contributed by atoms with Crippen molar-refractivity contribution in [2.24, 2.45) is 0 Å². The topological polar surface area (TPSA) is 46.5 Å². The lowest BCUT2D eigenvalue weighted by Gasteiger charge is -1.92. The second-order valence-corrected chi connectivity index (χ2v) is 0.762. The Morgan fingerprint density at radius 3 is 2.50 bits per heavy atom. The fourth-order valence-electron chi connectivity index (χ4n) is 0.0556. The molecule has 0 saturated carbocycles. The molecule has 0 aliphatic rings. The van der Waals surface area contributed by atoms with E-state index in [1.807, 2.05) is 0 Å². The highest BCUT2D eigenvalue weighted by atomic mass is 16.6. The summed E-state index contributed by atoms with van der Waals surface area (Å²) < 4.78 is 4.09. The van der Waals surface area contributed by atoms with E-state index in [-0.39, 0.29) is 0 Å². The number of carbonyl (C=O) groups excluding carboxylic acids is 1. The van der Waals surface area contributed by atoms with Gasteiger partial charge in [-0.3, -0.25) is 4.79 Å². The molecular formula is C3H6O3. The first-order valence-corrected chi connectivity index (χ1v) is 1.47. The lowest BCUT2D eigenvalue weighted by molar-refractivity contribution is -0.136. The fraction of sp³-hybridized carbons (Fsp3) is 0.667. The molecule has 6 heavy (non-hydrogen) atoms. The van der Waals surface area contributed by atoms with Crippen LogP contribution in [0.3, 0.4) is 0 Å². The van der Waals surface area contributed by atoms with Crippen LogP contribution in [0.25, 0.3) is 0 Å². The number of aldehydes is 1. The fourth-order valence-corrected chi connectivity index (χ4v) is 0.0556. The Kier molecular flexibility index (Phi) is 2.62. The Morgan fingerprint density at radius 2 is 2.50 bits per heavy atom. The van der Waals surface area contributed by atoms with Crippen LogP contribution in [0.5, 0.6) is 0 Å². The summed E-state index contributed by atoms with van der Waals surface area (Å²) >= 11 is 0. The third kappa shape index (κ3) is 1.87. The minimum Gasteiger partial charge on any atom is -0.362 e. The molecular weight excluding hydrogens is 84.0 g/mol. The van der Waals surface area contributed by atoms with Gasteiger partial charge in [-0.05, 0) is 0 Å². The standard InChI is InChI=1S/C3H6O3/c1-6-3(5)2-4/h2-3,5H,1H3. The molecule has 0 heterocycles. The molecule has 36 valence electrons. The average molecular weight is 90.1 g/mol. The van der Waals surface area contributed by atoms with Gasteiger partial charge < -0.3 is 9.84 Å². The van der Waals surface area contributed by atoms with Crippen molar-refractivity contribution in [3.8, 4) is 0 Å². The Labute approximate surface area is 35.5 Å². The van der Waals surface area contributed by atoms with E-state index in [1.165, 1.54) is 7.11 Å². The summed E-state index contributed by atoms with van der Waals surface area (Å²) in [5.41, 5.74) is 0. The van der Waals surface area contributed by atoms with Crippen molar-refractivity contribution in [2.45, 2.75) is 6.29 Å². The van der Waals surface area contributed by atoms with Gasteiger partial charge in [-0.25, -0.2) is 0 Å². The molecule has 0 fully saturated rings. The summed E-state index contributed by atoms with van der Waals surface area (Å²) in [5.74, 6) is 0. The van der Waals surface area contributed by atoms with E-state index in [4.69, 9.17) is 5.11 Å². The van der Waals surface area contributed by atoms with Crippen molar-refractivity contribution in [3.05, 3.63) is 0 Å². The van der Waals surface area contributed by atoms with Crippen LogP contribution in [-0.4, -0.2) is 24.8 Å². The normalized spacial score (nSPS) is 13.7. The lowest BCUT2D eigenvalue weighted by Crippen LogP contribution is -2.08. The highest BCUT2D eigenvalue weighted by molar-refractivity contribution is 5.53. The second kappa shape index (κ2) is 2.81. The molecule has 0 aromatic heterocycles. The van der Waals surface area contributed by atoms with E-state index in [0.29, 0.717) is 6.29 Å². The van der Waals surface area contributed by atoms with Gasteiger partial charge in [0.2, 0.25) is 6.29 Å². The number of hydrogen-bond donors (Lipinski definition) is 1. The predicted octanol–water partition coefficient (Wildman–Crippen LogP) is -0.850. The van der Waals surface area contributed by atoms with E-state index in [1.54, 1.807) is 0 Å². The molecule has 0 rings (SSSR count). The molecule has 3 nitrogen and oxygen atoms in total. The molecule has 1 atom stereocenters. The van der Waals surface area contributed by atoms with Crippen LogP contribution in [0.15, 0.2) is 0 Å². The van der Waals surface area contributed by atoms with E-state index in [0.717, 1.165) is 0 Å². The van der Waals surface area contributed by atoms with Gasteiger partial charge in [0.05, 0.1) is 0 Å². The van der Waals surface area contributed by atoms with Crippen molar-refractivity contribution in [1.82, 2.24) is 0 Å². The van der Waals surface area contributed by atoms with Crippen molar-refractivity contribution in [2.75, 3.05) is 7.11 Å². The number of aliphatic hydroxyl groups is 1. The summed E-state index contributed by atoms with van der Waals surface area (Å²) in [6.07, 6.45) is -0.940. The molecule has 0 amide bonds. The highest BCUT2D eigenvalue weighted by Crippen LogP contribution is 1.70. The predicted molar refractivity (Wildman–Crippen MR) is 19.1 cm³/mol. The molecule has 0 spiro atoms. The van der Waals surface area contributed by atoms with Gasteiger partial charge in [-0.2, -0.15) is 0 Å². The molecule has 1 unspecified atom stereocenters. The van der Waals surface area contributed by atoms with Crippen LogP contribution in [-0.2, 0) is 9.53 Å². The Morgan fingerprint density at radius 1 is 2.00 bits per heavy atom. The van der Waals surface area contributed by atoms with Gasteiger partial charge in [0.1, 0.15) is 0 Å².